The summed E-state index contributed by atoms with van der Waals surface area (Å²) in [5.74, 6) is 2.32. The number of hydrogen-bond donors (Lipinski definition) is 2. The highest BCUT2D eigenvalue weighted by Crippen LogP contribution is 2.27. The Morgan fingerprint density at radius 3 is 2.48 bits per heavy atom. The predicted octanol–water partition coefficient (Wildman–Crippen LogP) is 1.45. The average molecular weight is 291 g/mol. The van der Waals surface area contributed by atoms with Crippen LogP contribution in [0, 0.1) is 5.92 Å². The largest absolute Gasteiger partial charge is 0.384 e. The van der Waals surface area contributed by atoms with Gasteiger partial charge in [0.05, 0.1) is 0 Å². The van der Waals surface area contributed by atoms with Gasteiger partial charge in [-0.2, -0.15) is 0 Å². The highest BCUT2D eigenvalue weighted by atomic mass is 16.1. The number of amides is 1. The van der Waals surface area contributed by atoms with Crippen molar-refractivity contribution < 1.29 is 4.79 Å². The molecule has 116 valence electrons. The molecule has 1 saturated heterocycles. The smallest absolute Gasteiger partial charge is 0.217 e. The van der Waals surface area contributed by atoms with Crippen molar-refractivity contribution in [2.24, 2.45) is 11.7 Å². The van der Waals surface area contributed by atoms with Gasteiger partial charge in [-0.05, 0) is 18.8 Å². The van der Waals surface area contributed by atoms with E-state index in [2.05, 4.69) is 35.6 Å². The van der Waals surface area contributed by atoms with E-state index in [9.17, 15) is 4.79 Å². The maximum Gasteiger partial charge on any atom is 0.217 e. The zero-order valence-electron chi connectivity index (χ0n) is 13.1. The molecule has 1 aromatic rings. The van der Waals surface area contributed by atoms with Crippen LogP contribution in [0.15, 0.2) is 6.07 Å². The molecule has 1 aliphatic heterocycles. The lowest BCUT2D eigenvalue weighted by Crippen LogP contribution is -2.36. The normalized spacial score (nSPS) is 17.0. The summed E-state index contributed by atoms with van der Waals surface area (Å²) < 4.78 is 0. The molecule has 21 heavy (non-hydrogen) atoms. The van der Waals surface area contributed by atoms with E-state index in [-0.39, 0.29) is 11.3 Å². The Balaban J connectivity index is 2.10. The van der Waals surface area contributed by atoms with E-state index in [4.69, 9.17) is 11.5 Å². The first-order valence-electron chi connectivity index (χ1n) is 7.44. The fraction of sp³-hybridized carbons (Fsp3) is 0.667. The molecular formula is C15H25N5O. The standard InChI is InChI=1S/C15H25N5O/c1-15(2,3)14-18-11(16)9-13(19-14)20-6-4-10(5-7-20)8-12(17)21/h9-10H,4-8H2,1-3H3,(H2,17,21)(H2,16,18,19). The molecule has 0 aromatic carbocycles. The Bertz CT molecular complexity index is 515. The van der Waals surface area contributed by atoms with Gasteiger partial charge in [-0.3, -0.25) is 4.79 Å². The second-order valence-corrected chi connectivity index (χ2v) is 6.83. The van der Waals surface area contributed by atoms with Crippen LogP contribution in [0.5, 0.6) is 0 Å². The molecule has 0 unspecified atom stereocenters. The lowest BCUT2D eigenvalue weighted by atomic mass is 9.93. The maximum absolute atomic E-state index is 11.0. The predicted molar refractivity (Wildman–Crippen MR) is 83.9 cm³/mol. The Morgan fingerprint density at radius 1 is 1.33 bits per heavy atom. The van der Waals surface area contributed by atoms with E-state index in [1.165, 1.54) is 0 Å². The number of nitrogens with two attached hydrogens (primary N) is 2. The van der Waals surface area contributed by atoms with Crippen LogP contribution in [0.2, 0.25) is 0 Å². The van der Waals surface area contributed by atoms with Gasteiger partial charge in [0.25, 0.3) is 0 Å². The molecular weight excluding hydrogens is 266 g/mol. The molecule has 0 radical (unpaired) electrons. The van der Waals surface area contributed by atoms with E-state index in [0.717, 1.165) is 37.6 Å². The zero-order chi connectivity index (χ0) is 15.6. The van der Waals surface area contributed by atoms with Crippen molar-refractivity contribution in [2.45, 2.75) is 45.4 Å². The number of anilines is 2. The van der Waals surface area contributed by atoms with E-state index < -0.39 is 0 Å². The molecule has 1 fully saturated rings. The molecule has 2 heterocycles. The second kappa shape index (κ2) is 5.87. The van der Waals surface area contributed by atoms with Gasteiger partial charge in [-0.25, -0.2) is 9.97 Å². The molecule has 6 nitrogen and oxygen atoms in total. The van der Waals surface area contributed by atoms with Crippen LogP contribution in [0.25, 0.3) is 0 Å². The third kappa shape index (κ3) is 4.06. The minimum absolute atomic E-state index is 0.131. The van der Waals surface area contributed by atoms with Crippen LogP contribution in [0.3, 0.4) is 0 Å². The van der Waals surface area contributed by atoms with Crippen LogP contribution >= 0.6 is 0 Å². The highest BCUT2D eigenvalue weighted by Gasteiger charge is 2.24. The topological polar surface area (TPSA) is 98.1 Å². The number of piperidine rings is 1. The third-order valence-corrected chi connectivity index (χ3v) is 3.83. The number of aromatic nitrogens is 2. The van der Waals surface area contributed by atoms with Crippen molar-refractivity contribution in [2.75, 3.05) is 23.7 Å². The lowest BCUT2D eigenvalue weighted by Gasteiger charge is -2.33. The first-order chi connectivity index (χ1) is 9.75. The molecule has 1 aromatic heterocycles. The summed E-state index contributed by atoms with van der Waals surface area (Å²) in [5.41, 5.74) is 11.1. The van der Waals surface area contributed by atoms with Crippen LogP contribution in [0.1, 0.15) is 45.9 Å². The van der Waals surface area contributed by atoms with E-state index in [1.807, 2.05) is 6.07 Å². The molecule has 2 rings (SSSR count). The Kier molecular flexibility index (Phi) is 4.34. The Hall–Kier alpha value is -1.85. The van der Waals surface area contributed by atoms with Crippen molar-refractivity contribution in [3.63, 3.8) is 0 Å². The minimum Gasteiger partial charge on any atom is -0.384 e. The lowest BCUT2D eigenvalue weighted by molar-refractivity contribution is -0.119. The van der Waals surface area contributed by atoms with Gasteiger partial charge in [-0.1, -0.05) is 20.8 Å². The van der Waals surface area contributed by atoms with Gasteiger partial charge >= 0.3 is 0 Å². The third-order valence-electron chi connectivity index (χ3n) is 3.83. The summed E-state index contributed by atoms with van der Waals surface area (Å²) in [7, 11) is 0. The summed E-state index contributed by atoms with van der Waals surface area (Å²) in [6.45, 7) is 7.97. The number of carbonyl (C=O) groups is 1. The summed E-state index contributed by atoms with van der Waals surface area (Å²) in [5, 5.41) is 0. The summed E-state index contributed by atoms with van der Waals surface area (Å²) in [4.78, 5) is 22.2. The molecule has 0 atom stereocenters. The van der Waals surface area contributed by atoms with Crippen molar-refractivity contribution in [3.05, 3.63) is 11.9 Å². The SMILES string of the molecule is CC(C)(C)c1nc(N)cc(N2CCC(CC(N)=O)CC2)n1. The van der Waals surface area contributed by atoms with Gasteiger partial charge in [0.15, 0.2) is 0 Å². The van der Waals surface area contributed by atoms with Crippen molar-refractivity contribution in [1.82, 2.24) is 9.97 Å². The van der Waals surface area contributed by atoms with Gasteiger partial charge < -0.3 is 16.4 Å². The molecule has 0 bridgehead atoms. The Morgan fingerprint density at radius 2 is 1.95 bits per heavy atom. The minimum atomic E-state index is -0.213. The van der Waals surface area contributed by atoms with Gasteiger partial charge in [0.1, 0.15) is 17.5 Å². The van der Waals surface area contributed by atoms with Gasteiger partial charge in [0, 0.05) is 31.0 Å². The molecule has 0 saturated carbocycles. The summed E-state index contributed by atoms with van der Waals surface area (Å²) in [6.07, 6.45) is 2.39. The van der Waals surface area contributed by atoms with Crippen LogP contribution < -0.4 is 16.4 Å². The van der Waals surface area contributed by atoms with Gasteiger partial charge in [0.2, 0.25) is 5.91 Å². The quantitative estimate of drug-likeness (QED) is 0.878. The monoisotopic (exact) mass is 291 g/mol. The van der Waals surface area contributed by atoms with E-state index in [1.54, 1.807) is 0 Å². The molecule has 0 spiro atoms. The van der Waals surface area contributed by atoms with Crippen LogP contribution in [-0.2, 0) is 10.2 Å². The number of hydrogen-bond acceptors (Lipinski definition) is 5. The van der Waals surface area contributed by atoms with Gasteiger partial charge in [-0.15, -0.1) is 0 Å². The second-order valence-electron chi connectivity index (χ2n) is 6.83. The molecule has 6 heteroatoms. The number of primary amides is 1. The number of rotatable bonds is 3. The molecule has 1 amide bonds. The maximum atomic E-state index is 11.0. The molecule has 1 aliphatic rings. The van der Waals surface area contributed by atoms with E-state index in [0.29, 0.717) is 18.2 Å². The first-order valence-corrected chi connectivity index (χ1v) is 7.44. The fourth-order valence-corrected chi connectivity index (χ4v) is 2.60. The average Bonchev–Trinajstić information content (AvgIpc) is 2.37. The summed E-state index contributed by atoms with van der Waals surface area (Å²) in [6, 6.07) is 1.82. The van der Waals surface area contributed by atoms with Crippen molar-refractivity contribution in [3.8, 4) is 0 Å². The number of nitrogens with zero attached hydrogens (tertiary/aromatic N) is 3. The van der Waals surface area contributed by atoms with Crippen LogP contribution in [0.4, 0.5) is 11.6 Å². The number of nitrogen functional groups attached to an aromatic ring is 1. The number of carbonyl (C=O) groups excluding carboxylic acids is 1. The fourth-order valence-electron chi connectivity index (χ4n) is 2.60. The zero-order valence-corrected chi connectivity index (χ0v) is 13.1. The van der Waals surface area contributed by atoms with Crippen molar-refractivity contribution >= 4 is 17.5 Å². The first kappa shape index (κ1) is 15.5. The van der Waals surface area contributed by atoms with Crippen LogP contribution in [-0.4, -0.2) is 29.0 Å². The molecule has 4 N–H and O–H groups in total. The van der Waals surface area contributed by atoms with E-state index >= 15 is 0 Å². The summed E-state index contributed by atoms with van der Waals surface area (Å²) >= 11 is 0. The van der Waals surface area contributed by atoms with Crippen molar-refractivity contribution in [1.29, 1.82) is 0 Å². The molecule has 0 aliphatic carbocycles. The highest BCUT2D eigenvalue weighted by molar-refractivity contribution is 5.74. The Labute approximate surface area is 125 Å².